The third kappa shape index (κ3) is 12.2. The molecule has 0 radical (unpaired) electrons. The summed E-state index contributed by atoms with van der Waals surface area (Å²) in [6.45, 7) is 9.14. The summed E-state index contributed by atoms with van der Waals surface area (Å²) in [5.74, 6) is -1.16. The molecule has 3 N–H and O–H groups in total. The monoisotopic (exact) mass is 328 g/mol. The van der Waals surface area contributed by atoms with Crippen molar-refractivity contribution >= 4 is 18.0 Å². The predicted molar refractivity (Wildman–Crippen MR) is 87.1 cm³/mol. The fourth-order valence-electron chi connectivity index (χ4n) is 1.73. The highest BCUT2D eigenvalue weighted by molar-refractivity contribution is 5.80. The Kier molecular flexibility index (Phi) is 9.69. The van der Waals surface area contributed by atoms with E-state index >= 15 is 0 Å². The molecule has 7 heteroatoms. The Balaban J connectivity index is 4.02. The lowest BCUT2D eigenvalue weighted by Gasteiger charge is -2.22. The second-order valence-electron chi connectivity index (χ2n) is 6.21. The van der Waals surface area contributed by atoms with Gasteiger partial charge >= 0.3 is 12.1 Å². The first-order chi connectivity index (χ1) is 10.7. The Hall–Kier alpha value is -2.05. The number of alkyl carbamates (subject to hydrolysis) is 1. The first-order valence-electron chi connectivity index (χ1n) is 7.75. The van der Waals surface area contributed by atoms with Crippen molar-refractivity contribution < 1.29 is 24.2 Å². The summed E-state index contributed by atoms with van der Waals surface area (Å²) in [5.41, 5.74) is -0.678. The molecular formula is C16H28N2O5. The largest absolute Gasteiger partial charge is 0.480 e. The summed E-state index contributed by atoms with van der Waals surface area (Å²) >= 11 is 0. The lowest BCUT2D eigenvalue weighted by molar-refractivity contribution is -0.139. The molecule has 0 heterocycles. The van der Waals surface area contributed by atoms with E-state index < -0.39 is 23.7 Å². The van der Waals surface area contributed by atoms with Crippen LogP contribution in [0.2, 0.25) is 0 Å². The van der Waals surface area contributed by atoms with Crippen LogP contribution < -0.4 is 10.6 Å². The van der Waals surface area contributed by atoms with Gasteiger partial charge in [0.1, 0.15) is 11.6 Å². The molecule has 1 atom stereocenters. The number of ether oxygens (including phenoxy) is 1. The molecule has 0 aliphatic carbocycles. The average molecular weight is 328 g/mol. The van der Waals surface area contributed by atoms with Gasteiger partial charge in [0, 0.05) is 13.0 Å². The van der Waals surface area contributed by atoms with Crippen molar-refractivity contribution in [3.63, 3.8) is 0 Å². The highest BCUT2D eigenvalue weighted by Gasteiger charge is 2.23. The SMILES string of the molecule is C=CCCC(=O)NCCCC[C@H](NC(=O)OC(C)(C)C)C(=O)O. The second-order valence-corrected chi connectivity index (χ2v) is 6.21. The Labute approximate surface area is 137 Å². The Morgan fingerprint density at radius 3 is 2.43 bits per heavy atom. The lowest BCUT2D eigenvalue weighted by atomic mass is 10.1. The molecule has 0 saturated heterocycles. The van der Waals surface area contributed by atoms with E-state index in [9.17, 15) is 14.4 Å². The van der Waals surface area contributed by atoms with Crippen molar-refractivity contribution in [3.05, 3.63) is 12.7 Å². The number of amides is 2. The molecular weight excluding hydrogens is 300 g/mol. The van der Waals surface area contributed by atoms with Gasteiger partial charge < -0.3 is 20.5 Å². The van der Waals surface area contributed by atoms with Crippen molar-refractivity contribution in [2.24, 2.45) is 0 Å². The summed E-state index contributed by atoms with van der Waals surface area (Å²) in [6, 6.07) is -0.999. The van der Waals surface area contributed by atoms with E-state index in [-0.39, 0.29) is 12.3 Å². The third-order valence-corrected chi connectivity index (χ3v) is 2.81. The zero-order chi connectivity index (χ0) is 17.9. The maximum Gasteiger partial charge on any atom is 0.408 e. The van der Waals surface area contributed by atoms with Gasteiger partial charge in [-0.05, 0) is 46.5 Å². The molecule has 2 amide bonds. The highest BCUT2D eigenvalue weighted by atomic mass is 16.6. The number of carbonyl (C=O) groups excluding carboxylic acids is 2. The summed E-state index contributed by atoms with van der Waals surface area (Å²) in [6.07, 6.45) is 3.45. The number of hydrogen-bond acceptors (Lipinski definition) is 4. The van der Waals surface area contributed by atoms with Gasteiger partial charge in [-0.2, -0.15) is 0 Å². The van der Waals surface area contributed by atoms with Gasteiger partial charge in [-0.25, -0.2) is 9.59 Å². The van der Waals surface area contributed by atoms with Gasteiger partial charge in [0.15, 0.2) is 0 Å². The minimum atomic E-state index is -1.11. The molecule has 0 unspecified atom stereocenters. The van der Waals surface area contributed by atoms with Crippen molar-refractivity contribution in [2.45, 2.75) is 64.5 Å². The van der Waals surface area contributed by atoms with Crippen molar-refractivity contribution in [1.29, 1.82) is 0 Å². The van der Waals surface area contributed by atoms with Crippen LogP contribution in [0.15, 0.2) is 12.7 Å². The number of carboxylic acids is 1. The van der Waals surface area contributed by atoms with Gasteiger partial charge in [-0.15, -0.1) is 6.58 Å². The molecule has 7 nitrogen and oxygen atoms in total. The molecule has 23 heavy (non-hydrogen) atoms. The first kappa shape index (κ1) is 20.9. The second kappa shape index (κ2) is 10.6. The zero-order valence-corrected chi connectivity index (χ0v) is 14.2. The number of hydrogen-bond donors (Lipinski definition) is 3. The van der Waals surface area contributed by atoms with E-state index in [1.807, 2.05) is 0 Å². The van der Waals surface area contributed by atoms with E-state index in [1.165, 1.54) is 0 Å². The molecule has 132 valence electrons. The molecule has 0 saturated carbocycles. The molecule has 0 bridgehead atoms. The minimum absolute atomic E-state index is 0.0495. The maximum absolute atomic E-state index is 11.6. The van der Waals surface area contributed by atoms with Crippen molar-refractivity contribution in [3.8, 4) is 0 Å². The summed E-state index contributed by atoms with van der Waals surface area (Å²) in [5, 5.41) is 14.2. The lowest BCUT2D eigenvalue weighted by Crippen LogP contribution is -2.43. The van der Waals surface area contributed by atoms with E-state index in [1.54, 1.807) is 26.8 Å². The Morgan fingerprint density at radius 2 is 1.91 bits per heavy atom. The van der Waals surface area contributed by atoms with E-state index in [4.69, 9.17) is 9.84 Å². The quantitative estimate of drug-likeness (QED) is 0.421. The normalized spacial score (nSPS) is 12.1. The predicted octanol–water partition coefficient (Wildman–Crippen LogP) is 2.22. The van der Waals surface area contributed by atoms with Crippen molar-refractivity contribution in [1.82, 2.24) is 10.6 Å². The molecule has 0 aromatic rings. The van der Waals surface area contributed by atoms with Gasteiger partial charge in [-0.1, -0.05) is 6.08 Å². The van der Waals surface area contributed by atoms with Crippen LogP contribution in [0.5, 0.6) is 0 Å². The van der Waals surface area contributed by atoms with E-state index in [0.717, 1.165) is 0 Å². The fraction of sp³-hybridized carbons (Fsp3) is 0.688. The van der Waals surface area contributed by atoms with Gasteiger partial charge in [-0.3, -0.25) is 4.79 Å². The van der Waals surface area contributed by atoms with Crippen LogP contribution in [-0.4, -0.2) is 41.3 Å². The number of allylic oxidation sites excluding steroid dienone is 1. The minimum Gasteiger partial charge on any atom is -0.480 e. The molecule has 0 aromatic carbocycles. The van der Waals surface area contributed by atoms with Gasteiger partial charge in [0.05, 0.1) is 0 Å². The number of nitrogens with one attached hydrogen (secondary N) is 2. The highest BCUT2D eigenvalue weighted by Crippen LogP contribution is 2.08. The van der Waals surface area contributed by atoms with Gasteiger partial charge in [0.2, 0.25) is 5.91 Å². The van der Waals surface area contributed by atoms with Crippen molar-refractivity contribution in [2.75, 3.05) is 6.54 Å². The number of rotatable bonds is 10. The standard InChI is InChI=1S/C16H28N2O5/c1-5-6-10-13(19)17-11-8-7-9-12(14(20)21)18-15(22)23-16(2,3)4/h5,12H,1,6-11H2,2-4H3,(H,17,19)(H,18,22)(H,20,21)/t12-/m0/s1. The Morgan fingerprint density at radius 1 is 1.26 bits per heavy atom. The summed E-state index contributed by atoms with van der Waals surface area (Å²) in [7, 11) is 0. The Bertz CT molecular complexity index is 415. The molecule has 0 spiro atoms. The number of carboxylic acid groups (broad SMARTS) is 1. The number of carbonyl (C=O) groups is 3. The smallest absolute Gasteiger partial charge is 0.408 e. The third-order valence-electron chi connectivity index (χ3n) is 2.81. The van der Waals surface area contributed by atoms with Gasteiger partial charge in [0.25, 0.3) is 0 Å². The molecule has 0 aliphatic rings. The van der Waals surface area contributed by atoms with Crippen LogP contribution in [0.4, 0.5) is 4.79 Å². The fourth-order valence-corrected chi connectivity index (χ4v) is 1.73. The van der Waals surface area contributed by atoms with Crippen LogP contribution >= 0.6 is 0 Å². The van der Waals surface area contributed by atoms with Crippen LogP contribution in [0.1, 0.15) is 52.9 Å². The van der Waals surface area contributed by atoms with Crippen LogP contribution in [-0.2, 0) is 14.3 Å². The topological polar surface area (TPSA) is 105 Å². The van der Waals surface area contributed by atoms with Crippen LogP contribution in [0.25, 0.3) is 0 Å². The molecule has 0 aromatic heterocycles. The zero-order valence-electron chi connectivity index (χ0n) is 14.2. The summed E-state index contributed by atoms with van der Waals surface area (Å²) < 4.78 is 5.04. The first-order valence-corrected chi connectivity index (χ1v) is 7.75. The van der Waals surface area contributed by atoms with Crippen LogP contribution in [0.3, 0.4) is 0 Å². The van der Waals surface area contributed by atoms with Crippen LogP contribution in [0, 0.1) is 0 Å². The van der Waals surface area contributed by atoms with E-state index in [2.05, 4.69) is 17.2 Å². The van der Waals surface area contributed by atoms with E-state index in [0.29, 0.717) is 32.2 Å². The molecule has 0 aliphatic heterocycles. The summed E-state index contributed by atoms with van der Waals surface area (Å²) in [4.78, 5) is 34.1. The molecule has 0 rings (SSSR count). The number of unbranched alkanes of at least 4 members (excludes halogenated alkanes) is 1. The molecule has 0 fully saturated rings. The number of aliphatic carboxylic acids is 1. The average Bonchev–Trinajstić information content (AvgIpc) is 2.41. The maximum atomic E-state index is 11.6.